The summed E-state index contributed by atoms with van der Waals surface area (Å²) in [5.41, 5.74) is 1.65. The molecule has 1 aromatic rings. The van der Waals surface area contributed by atoms with Gasteiger partial charge in [0.1, 0.15) is 0 Å². The maximum atomic E-state index is 9.76. The lowest BCUT2D eigenvalue weighted by molar-refractivity contribution is -0.105. The molecule has 0 fully saturated rings. The van der Waals surface area contributed by atoms with Crippen LogP contribution in [0.2, 0.25) is 0 Å². The highest BCUT2D eigenvalue weighted by molar-refractivity contribution is 6.02. The Morgan fingerprint density at radius 3 is 2.57 bits per heavy atom. The standard InChI is InChI=1S/C12H10O2/c13-12(14)7-3-6-10-8-4-1-2-5-9(8)11(10)12/h1-6,13-14H,7H2. The number of aliphatic hydroxyl groups is 2. The van der Waals surface area contributed by atoms with Gasteiger partial charge in [0.05, 0.1) is 0 Å². The molecule has 0 aliphatic heterocycles. The zero-order valence-corrected chi connectivity index (χ0v) is 7.57. The average molecular weight is 186 g/mol. The number of hydrogen-bond acceptors (Lipinski definition) is 2. The van der Waals surface area contributed by atoms with Gasteiger partial charge < -0.3 is 10.2 Å². The molecule has 2 aliphatic rings. The molecule has 2 N–H and O–H groups in total. The molecule has 1 aromatic carbocycles. The van der Waals surface area contributed by atoms with E-state index in [2.05, 4.69) is 0 Å². The Morgan fingerprint density at radius 1 is 1.07 bits per heavy atom. The first-order chi connectivity index (χ1) is 6.70. The van der Waals surface area contributed by atoms with Crippen LogP contribution in [0.3, 0.4) is 0 Å². The Bertz CT molecular complexity index is 550. The molecule has 2 heteroatoms. The molecule has 0 unspecified atom stereocenters. The van der Waals surface area contributed by atoms with Crippen molar-refractivity contribution in [1.29, 1.82) is 0 Å². The van der Waals surface area contributed by atoms with Crippen molar-refractivity contribution in [2.45, 2.75) is 12.2 Å². The van der Waals surface area contributed by atoms with Crippen LogP contribution in [0.1, 0.15) is 6.42 Å². The first-order valence-electron chi connectivity index (χ1n) is 4.66. The number of allylic oxidation sites excluding steroid dienone is 1. The second kappa shape index (κ2) is 2.35. The molecule has 0 spiro atoms. The van der Waals surface area contributed by atoms with Crippen LogP contribution >= 0.6 is 0 Å². The molecule has 3 rings (SSSR count). The fraction of sp³-hybridized carbons (Fsp3) is 0.167. The van der Waals surface area contributed by atoms with Gasteiger partial charge in [-0.05, 0) is 16.0 Å². The van der Waals surface area contributed by atoms with Crippen LogP contribution in [0.4, 0.5) is 0 Å². The summed E-state index contributed by atoms with van der Waals surface area (Å²) in [6, 6.07) is 7.80. The van der Waals surface area contributed by atoms with Crippen molar-refractivity contribution in [3.05, 3.63) is 46.9 Å². The van der Waals surface area contributed by atoms with Crippen LogP contribution in [0.5, 0.6) is 0 Å². The maximum Gasteiger partial charge on any atom is 0.194 e. The van der Waals surface area contributed by atoms with Crippen molar-refractivity contribution in [3.63, 3.8) is 0 Å². The first kappa shape index (κ1) is 7.97. The minimum Gasteiger partial charge on any atom is -0.362 e. The van der Waals surface area contributed by atoms with Crippen molar-refractivity contribution in [3.8, 4) is 0 Å². The molecule has 2 aliphatic carbocycles. The molecule has 0 bridgehead atoms. The van der Waals surface area contributed by atoms with Crippen molar-refractivity contribution in [2.75, 3.05) is 0 Å². The van der Waals surface area contributed by atoms with Gasteiger partial charge in [-0.1, -0.05) is 36.4 Å². The highest BCUT2D eigenvalue weighted by atomic mass is 16.5. The zero-order valence-electron chi connectivity index (χ0n) is 7.57. The lowest BCUT2D eigenvalue weighted by atomic mass is 9.80. The van der Waals surface area contributed by atoms with Gasteiger partial charge in [-0.15, -0.1) is 0 Å². The first-order valence-corrected chi connectivity index (χ1v) is 4.66. The molecule has 0 amide bonds. The minimum atomic E-state index is -1.67. The smallest absolute Gasteiger partial charge is 0.194 e. The Kier molecular flexibility index (Phi) is 1.34. The number of hydrogen-bond donors (Lipinski definition) is 2. The molecule has 2 nitrogen and oxygen atoms in total. The van der Waals surface area contributed by atoms with Crippen LogP contribution in [0.15, 0.2) is 36.4 Å². The van der Waals surface area contributed by atoms with E-state index in [1.54, 1.807) is 6.08 Å². The van der Waals surface area contributed by atoms with E-state index in [1.165, 1.54) is 0 Å². The highest BCUT2D eigenvalue weighted by Gasteiger charge is 2.36. The van der Waals surface area contributed by atoms with Gasteiger partial charge in [-0.2, -0.15) is 0 Å². The van der Waals surface area contributed by atoms with Gasteiger partial charge in [-0.3, -0.25) is 0 Å². The number of fused-ring (bicyclic) bond motifs is 2. The predicted octanol–water partition coefficient (Wildman–Crippen LogP) is -0.358. The van der Waals surface area contributed by atoms with Gasteiger partial charge in [0.15, 0.2) is 5.79 Å². The van der Waals surface area contributed by atoms with Crippen LogP contribution in [-0.4, -0.2) is 16.0 Å². The monoisotopic (exact) mass is 186 g/mol. The van der Waals surface area contributed by atoms with Crippen LogP contribution in [0.25, 0.3) is 11.1 Å². The summed E-state index contributed by atoms with van der Waals surface area (Å²) in [6.45, 7) is 0. The van der Waals surface area contributed by atoms with E-state index in [1.807, 2.05) is 30.3 Å². The van der Waals surface area contributed by atoms with Crippen LogP contribution < -0.4 is 10.4 Å². The molecule has 0 atom stereocenters. The summed E-state index contributed by atoms with van der Waals surface area (Å²) in [5.74, 6) is -1.67. The van der Waals surface area contributed by atoms with E-state index in [9.17, 15) is 10.2 Å². The summed E-state index contributed by atoms with van der Waals surface area (Å²) >= 11 is 0. The fourth-order valence-electron chi connectivity index (χ4n) is 2.20. The lowest BCUT2D eigenvalue weighted by Gasteiger charge is -2.32. The summed E-state index contributed by atoms with van der Waals surface area (Å²) < 4.78 is 0. The van der Waals surface area contributed by atoms with E-state index in [0.29, 0.717) is 5.57 Å². The maximum absolute atomic E-state index is 9.76. The van der Waals surface area contributed by atoms with Gasteiger partial charge in [0.2, 0.25) is 0 Å². The molecule has 0 saturated heterocycles. The highest BCUT2D eigenvalue weighted by Crippen LogP contribution is 2.33. The van der Waals surface area contributed by atoms with E-state index in [-0.39, 0.29) is 6.42 Å². The summed E-state index contributed by atoms with van der Waals surface area (Å²) in [6.07, 6.45) is 4.04. The van der Waals surface area contributed by atoms with Crippen molar-refractivity contribution in [1.82, 2.24) is 0 Å². The lowest BCUT2D eigenvalue weighted by Crippen LogP contribution is -2.48. The Labute approximate surface area is 81.1 Å². The molecule has 0 aromatic heterocycles. The second-order valence-corrected chi connectivity index (χ2v) is 3.76. The molecule has 0 radical (unpaired) electrons. The molecular formula is C12H10O2. The third kappa shape index (κ3) is 0.820. The van der Waals surface area contributed by atoms with Gasteiger partial charge >= 0.3 is 0 Å². The minimum absolute atomic E-state index is 0.278. The third-order valence-corrected chi connectivity index (χ3v) is 2.84. The average Bonchev–Trinajstić information content (AvgIpc) is 2.12. The van der Waals surface area contributed by atoms with Gasteiger partial charge in [-0.25, -0.2) is 0 Å². The van der Waals surface area contributed by atoms with Gasteiger partial charge in [0.25, 0.3) is 0 Å². The SMILES string of the molecule is OC1(O)CC=CC2=c3ccccc3=C21. The molecular weight excluding hydrogens is 176 g/mol. The zero-order chi connectivity index (χ0) is 9.76. The van der Waals surface area contributed by atoms with Gasteiger partial charge in [0, 0.05) is 12.0 Å². The second-order valence-electron chi connectivity index (χ2n) is 3.76. The Hall–Kier alpha value is -1.38. The van der Waals surface area contributed by atoms with Crippen molar-refractivity contribution >= 4 is 11.1 Å². The molecule has 70 valence electrons. The third-order valence-electron chi connectivity index (χ3n) is 2.84. The Morgan fingerprint density at radius 2 is 1.79 bits per heavy atom. The summed E-state index contributed by atoms with van der Waals surface area (Å²) in [5, 5.41) is 21.6. The largest absolute Gasteiger partial charge is 0.362 e. The van der Waals surface area contributed by atoms with E-state index < -0.39 is 5.79 Å². The molecule has 0 heterocycles. The Balaban J connectivity index is 2.42. The summed E-state index contributed by atoms with van der Waals surface area (Å²) in [4.78, 5) is 0. The molecule has 0 saturated carbocycles. The number of benzene rings is 1. The van der Waals surface area contributed by atoms with E-state index in [0.717, 1.165) is 16.0 Å². The molecule has 14 heavy (non-hydrogen) atoms. The van der Waals surface area contributed by atoms with Crippen molar-refractivity contribution in [2.24, 2.45) is 0 Å². The summed E-state index contributed by atoms with van der Waals surface area (Å²) in [7, 11) is 0. The quantitative estimate of drug-likeness (QED) is 0.543. The van der Waals surface area contributed by atoms with E-state index >= 15 is 0 Å². The number of rotatable bonds is 0. The van der Waals surface area contributed by atoms with E-state index in [4.69, 9.17) is 0 Å². The topological polar surface area (TPSA) is 40.5 Å². The van der Waals surface area contributed by atoms with Crippen molar-refractivity contribution < 1.29 is 10.2 Å². The normalized spacial score (nSPS) is 21.3. The van der Waals surface area contributed by atoms with Crippen LogP contribution in [0, 0.1) is 0 Å². The fourth-order valence-corrected chi connectivity index (χ4v) is 2.20. The van der Waals surface area contributed by atoms with Crippen LogP contribution in [-0.2, 0) is 0 Å². The predicted molar refractivity (Wildman–Crippen MR) is 53.4 cm³/mol.